The Morgan fingerprint density at radius 1 is 1.50 bits per heavy atom. The number of alkyl halides is 3. The highest BCUT2D eigenvalue weighted by atomic mass is 19.4. The first-order valence-corrected chi connectivity index (χ1v) is 3.63. The molecule has 0 saturated carbocycles. The molecule has 78 valence electrons. The van der Waals surface area contributed by atoms with Crippen LogP contribution in [0.3, 0.4) is 0 Å². The summed E-state index contributed by atoms with van der Waals surface area (Å²) in [6.45, 7) is 1.24. The molecule has 0 aliphatic rings. The van der Waals surface area contributed by atoms with Crippen molar-refractivity contribution in [3.63, 3.8) is 0 Å². The highest BCUT2D eigenvalue weighted by Gasteiger charge is 2.41. The van der Waals surface area contributed by atoms with Crippen LogP contribution in [0.2, 0.25) is 0 Å². The fourth-order valence-electron chi connectivity index (χ4n) is 0.891. The maximum absolute atomic E-state index is 12.2. The molecule has 14 heavy (non-hydrogen) atoms. The number of aromatic nitrogens is 1. The van der Waals surface area contributed by atoms with Gasteiger partial charge in [0.05, 0.1) is 0 Å². The van der Waals surface area contributed by atoms with Crippen LogP contribution in [0.4, 0.5) is 13.2 Å². The summed E-state index contributed by atoms with van der Waals surface area (Å²) < 4.78 is 41.0. The summed E-state index contributed by atoms with van der Waals surface area (Å²) >= 11 is 0. The molecule has 7 heteroatoms. The molecule has 0 aliphatic heterocycles. The van der Waals surface area contributed by atoms with Crippen molar-refractivity contribution in [3.05, 3.63) is 17.3 Å². The van der Waals surface area contributed by atoms with Gasteiger partial charge in [0.2, 0.25) is 5.76 Å². The van der Waals surface area contributed by atoms with Crippen LogP contribution in [0.25, 0.3) is 0 Å². The van der Waals surface area contributed by atoms with Crippen molar-refractivity contribution in [2.24, 2.45) is 0 Å². The Morgan fingerprint density at radius 3 is 2.50 bits per heavy atom. The quantitative estimate of drug-likeness (QED) is 0.758. The molecule has 0 bridgehead atoms. The molecule has 0 radical (unpaired) electrons. The number of amides is 1. The fourth-order valence-corrected chi connectivity index (χ4v) is 0.891. The number of aryl methyl sites for hydroxylation is 1. The molecule has 0 aliphatic carbocycles. The van der Waals surface area contributed by atoms with E-state index < -0.39 is 23.5 Å². The number of hydrogen-bond donors (Lipinski definition) is 1. The summed E-state index contributed by atoms with van der Waals surface area (Å²) in [5, 5.41) is 2.05. The lowest BCUT2D eigenvalue weighted by atomic mass is 10.3. The third-order valence-corrected chi connectivity index (χ3v) is 1.43. The van der Waals surface area contributed by atoms with Gasteiger partial charge in [-0.25, -0.2) is 4.98 Å². The van der Waals surface area contributed by atoms with Crippen molar-refractivity contribution in [2.45, 2.75) is 13.1 Å². The van der Waals surface area contributed by atoms with E-state index in [1.807, 2.05) is 5.32 Å². The van der Waals surface area contributed by atoms with Crippen LogP contribution in [0.1, 0.15) is 22.1 Å². The van der Waals surface area contributed by atoms with Gasteiger partial charge in [0.1, 0.15) is 0 Å². The van der Waals surface area contributed by atoms with Crippen molar-refractivity contribution < 1.29 is 22.4 Å². The van der Waals surface area contributed by atoms with E-state index in [1.165, 1.54) is 14.0 Å². The summed E-state index contributed by atoms with van der Waals surface area (Å²) in [5.41, 5.74) is -0.738. The average molecular weight is 208 g/mol. The highest BCUT2D eigenvalue weighted by Crippen LogP contribution is 2.32. The Kier molecular flexibility index (Phi) is 2.50. The van der Waals surface area contributed by atoms with Gasteiger partial charge in [-0.15, -0.1) is 0 Å². The molecule has 1 N–H and O–H groups in total. The molecule has 0 spiro atoms. The number of carbonyl (C=O) groups is 1. The van der Waals surface area contributed by atoms with Crippen molar-refractivity contribution >= 4 is 5.91 Å². The Labute approximate surface area is 77.1 Å². The highest BCUT2D eigenvalue weighted by molar-refractivity contribution is 5.93. The number of halogens is 3. The van der Waals surface area contributed by atoms with Crippen molar-refractivity contribution in [3.8, 4) is 0 Å². The predicted molar refractivity (Wildman–Crippen MR) is 39.6 cm³/mol. The number of nitrogens with zero attached hydrogens (tertiary/aromatic N) is 1. The zero-order valence-corrected chi connectivity index (χ0v) is 7.40. The smallest absolute Gasteiger partial charge is 0.436 e. The van der Waals surface area contributed by atoms with E-state index in [2.05, 4.69) is 9.40 Å². The average Bonchev–Trinajstić information content (AvgIpc) is 2.45. The van der Waals surface area contributed by atoms with Gasteiger partial charge < -0.3 is 9.73 Å². The minimum Gasteiger partial charge on any atom is -0.436 e. The van der Waals surface area contributed by atoms with Gasteiger partial charge in [-0.3, -0.25) is 4.79 Å². The van der Waals surface area contributed by atoms with Crippen molar-refractivity contribution in [1.29, 1.82) is 0 Å². The van der Waals surface area contributed by atoms with E-state index in [-0.39, 0.29) is 5.89 Å². The first kappa shape index (κ1) is 10.6. The Bertz CT molecular complexity index is 356. The molecular weight excluding hydrogens is 201 g/mol. The second kappa shape index (κ2) is 3.32. The maximum atomic E-state index is 12.2. The topological polar surface area (TPSA) is 55.1 Å². The Hall–Kier alpha value is -1.53. The Balaban J connectivity index is 3.23. The molecule has 1 heterocycles. The lowest BCUT2D eigenvalue weighted by molar-refractivity contribution is -0.153. The number of oxazole rings is 1. The number of rotatable bonds is 1. The lowest BCUT2D eigenvalue weighted by Crippen LogP contribution is -2.22. The van der Waals surface area contributed by atoms with Crippen LogP contribution in [0.15, 0.2) is 4.42 Å². The molecule has 0 aromatic carbocycles. The standard InChI is InChI=1S/C7H7F3N2O2/c1-3-12-4(6(13)11-2)5(14-3)7(8,9)10/h1-2H3,(H,11,13). The molecule has 4 nitrogen and oxygen atoms in total. The van der Waals surface area contributed by atoms with E-state index >= 15 is 0 Å². The lowest BCUT2D eigenvalue weighted by Gasteiger charge is -2.02. The van der Waals surface area contributed by atoms with Crippen LogP contribution >= 0.6 is 0 Å². The van der Waals surface area contributed by atoms with Gasteiger partial charge in [-0.05, 0) is 0 Å². The van der Waals surface area contributed by atoms with Crippen LogP contribution < -0.4 is 5.32 Å². The fraction of sp³-hybridized carbons (Fsp3) is 0.429. The molecule has 1 aromatic heterocycles. The third-order valence-electron chi connectivity index (χ3n) is 1.43. The summed E-state index contributed by atoms with van der Waals surface area (Å²) in [4.78, 5) is 14.3. The van der Waals surface area contributed by atoms with Crippen LogP contribution in [0, 0.1) is 6.92 Å². The minimum absolute atomic E-state index is 0.198. The van der Waals surface area contributed by atoms with Gasteiger partial charge in [-0.1, -0.05) is 0 Å². The molecule has 0 unspecified atom stereocenters. The first-order valence-electron chi connectivity index (χ1n) is 3.63. The van der Waals surface area contributed by atoms with Gasteiger partial charge in [0.25, 0.3) is 5.91 Å². The van der Waals surface area contributed by atoms with Gasteiger partial charge in [0, 0.05) is 14.0 Å². The Morgan fingerprint density at radius 2 is 2.07 bits per heavy atom. The van der Waals surface area contributed by atoms with E-state index in [9.17, 15) is 18.0 Å². The predicted octanol–water partition coefficient (Wildman–Crippen LogP) is 1.36. The number of carbonyl (C=O) groups excluding carboxylic acids is 1. The van der Waals surface area contributed by atoms with Gasteiger partial charge in [-0.2, -0.15) is 13.2 Å². The summed E-state index contributed by atoms with van der Waals surface area (Å²) in [6, 6.07) is 0. The van der Waals surface area contributed by atoms with E-state index in [0.717, 1.165) is 0 Å². The van der Waals surface area contributed by atoms with E-state index in [1.54, 1.807) is 0 Å². The summed E-state index contributed by atoms with van der Waals surface area (Å²) in [7, 11) is 1.21. The molecule has 1 amide bonds. The third kappa shape index (κ3) is 1.86. The minimum atomic E-state index is -4.71. The van der Waals surface area contributed by atoms with E-state index in [4.69, 9.17) is 0 Å². The van der Waals surface area contributed by atoms with Crippen LogP contribution in [-0.4, -0.2) is 17.9 Å². The molecule has 1 aromatic rings. The molecule has 0 fully saturated rings. The number of nitrogens with one attached hydrogen (secondary N) is 1. The molecule has 1 rings (SSSR count). The largest absolute Gasteiger partial charge is 0.452 e. The van der Waals surface area contributed by atoms with E-state index in [0.29, 0.717) is 0 Å². The van der Waals surface area contributed by atoms with Crippen LogP contribution in [0.5, 0.6) is 0 Å². The second-order valence-corrected chi connectivity index (χ2v) is 2.49. The number of hydrogen-bond acceptors (Lipinski definition) is 3. The zero-order valence-electron chi connectivity index (χ0n) is 7.40. The SMILES string of the molecule is CNC(=O)c1nc(C)oc1C(F)(F)F. The maximum Gasteiger partial charge on any atom is 0.452 e. The van der Waals surface area contributed by atoms with Gasteiger partial charge in [0.15, 0.2) is 11.6 Å². The normalized spacial score (nSPS) is 11.5. The molecule has 0 saturated heterocycles. The van der Waals surface area contributed by atoms with Gasteiger partial charge >= 0.3 is 6.18 Å². The summed E-state index contributed by atoms with van der Waals surface area (Å²) in [6.07, 6.45) is -4.71. The van der Waals surface area contributed by atoms with Crippen molar-refractivity contribution in [2.75, 3.05) is 7.05 Å². The molecular formula is C7H7F3N2O2. The first-order chi connectivity index (χ1) is 6.36. The molecule has 0 atom stereocenters. The zero-order chi connectivity index (χ0) is 10.9. The monoisotopic (exact) mass is 208 g/mol. The second-order valence-electron chi connectivity index (χ2n) is 2.49. The van der Waals surface area contributed by atoms with Crippen molar-refractivity contribution in [1.82, 2.24) is 10.3 Å². The van der Waals surface area contributed by atoms with Crippen LogP contribution in [-0.2, 0) is 6.18 Å². The summed E-state index contributed by atoms with van der Waals surface area (Å²) in [5.74, 6) is -2.49.